The van der Waals surface area contributed by atoms with Crippen molar-refractivity contribution in [1.29, 1.82) is 0 Å². The number of aliphatic carboxylic acids is 1. The van der Waals surface area contributed by atoms with Crippen LogP contribution in [0.2, 0.25) is 0 Å². The van der Waals surface area contributed by atoms with E-state index in [0.29, 0.717) is 5.69 Å². The van der Waals surface area contributed by atoms with Crippen LogP contribution in [0.3, 0.4) is 0 Å². The molecule has 2 aliphatic heterocycles. The SMILES string of the molecule is C=CCN(C(=O)Nc1ccccc1N1CCCCC1)[C@@H]1C[C@@H](C(=O)NC2(C(=O)O)CC2C=C)N(C(=O)[C@@H](NC(=O)OC(C)C)C(C)(C)C)C1. The van der Waals surface area contributed by atoms with Gasteiger partial charge in [-0.25, -0.2) is 14.4 Å². The Bertz CT molecular complexity index is 1430. The van der Waals surface area contributed by atoms with Gasteiger partial charge in [0.2, 0.25) is 11.8 Å². The summed E-state index contributed by atoms with van der Waals surface area (Å²) in [6.45, 7) is 18.1. The lowest BCUT2D eigenvalue weighted by Crippen LogP contribution is -2.59. The Hall–Kier alpha value is -4.55. The van der Waals surface area contributed by atoms with E-state index in [2.05, 4.69) is 34.0 Å². The van der Waals surface area contributed by atoms with E-state index in [-0.39, 0.29) is 25.9 Å². The third-order valence-corrected chi connectivity index (χ3v) is 9.48. The van der Waals surface area contributed by atoms with Gasteiger partial charge in [-0.1, -0.05) is 45.1 Å². The van der Waals surface area contributed by atoms with Crippen LogP contribution < -0.4 is 20.9 Å². The number of nitrogens with one attached hydrogen (secondary N) is 3. The van der Waals surface area contributed by atoms with Gasteiger partial charge in [0.05, 0.1) is 23.5 Å². The normalized spacial score (nSPS) is 24.0. The zero-order valence-electron chi connectivity index (χ0n) is 29.4. The molecule has 13 heteroatoms. The topological polar surface area (TPSA) is 161 Å². The Morgan fingerprint density at radius 3 is 2.35 bits per heavy atom. The molecule has 1 aromatic carbocycles. The van der Waals surface area contributed by atoms with E-state index in [0.717, 1.165) is 38.0 Å². The Balaban J connectivity index is 1.64. The summed E-state index contributed by atoms with van der Waals surface area (Å²) in [6, 6.07) is 4.32. The van der Waals surface area contributed by atoms with Crippen molar-refractivity contribution >= 4 is 41.3 Å². The van der Waals surface area contributed by atoms with Crippen molar-refractivity contribution in [2.45, 2.75) is 96.5 Å². The molecule has 5 atom stereocenters. The van der Waals surface area contributed by atoms with Crippen molar-refractivity contribution in [3.63, 3.8) is 0 Å². The lowest BCUT2D eigenvalue weighted by atomic mass is 9.85. The van der Waals surface area contributed by atoms with Crippen molar-refractivity contribution in [1.82, 2.24) is 20.4 Å². The highest BCUT2D eigenvalue weighted by atomic mass is 16.6. The summed E-state index contributed by atoms with van der Waals surface area (Å²) in [7, 11) is 0. The average Bonchev–Trinajstić information content (AvgIpc) is 3.59. The molecule has 2 unspecified atom stereocenters. The smallest absolute Gasteiger partial charge is 0.408 e. The summed E-state index contributed by atoms with van der Waals surface area (Å²) in [5, 5.41) is 18.4. The molecule has 5 amide bonds. The first-order valence-electron chi connectivity index (χ1n) is 17.1. The number of carbonyl (C=O) groups is 5. The van der Waals surface area contributed by atoms with E-state index in [1.54, 1.807) is 40.7 Å². The minimum atomic E-state index is -1.52. The Kier molecular flexibility index (Phi) is 11.7. The molecule has 1 saturated carbocycles. The van der Waals surface area contributed by atoms with Gasteiger partial charge in [0, 0.05) is 32.1 Å². The number of amides is 5. The molecule has 13 nitrogen and oxygen atoms in total. The van der Waals surface area contributed by atoms with E-state index < -0.39 is 71.0 Å². The van der Waals surface area contributed by atoms with Gasteiger partial charge in [-0.2, -0.15) is 0 Å². The van der Waals surface area contributed by atoms with Gasteiger partial charge in [-0.05, 0) is 63.5 Å². The van der Waals surface area contributed by atoms with Gasteiger partial charge >= 0.3 is 18.1 Å². The number of carboxylic acid groups (broad SMARTS) is 1. The molecule has 3 aliphatic rings. The quantitative estimate of drug-likeness (QED) is 0.237. The predicted molar refractivity (Wildman–Crippen MR) is 187 cm³/mol. The highest BCUT2D eigenvalue weighted by Crippen LogP contribution is 2.45. The standard InChI is InChI=1S/C36H52N6O7/c1-8-17-41(33(47)37-26-15-11-12-16-27(26)40-18-13-10-14-19-40)25-20-28(30(43)39-36(32(45)46)21-24(36)9-2)42(22-25)31(44)29(35(5,6)7)38-34(48)49-23(3)4/h8-9,11-12,15-16,23-25,28-29H,1-2,10,13-14,17-22H2,3-7H3,(H,37,47)(H,38,48)(H,39,43)(H,45,46)/t24?,25-,28+,29-,36?/m1/s1. The van der Waals surface area contributed by atoms with Crippen LogP contribution in [-0.4, -0.2) is 101 Å². The molecule has 0 spiro atoms. The number of anilines is 2. The highest BCUT2D eigenvalue weighted by molar-refractivity contribution is 5.97. The number of carbonyl (C=O) groups excluding carboxylic acids is 4. The maximum Gasteiger partial charge on any atom is 0.408 e. The molecular formula is C36H52N6O7. The maximum absolute atomic E-state index is 14.4. The minimum absolute atomic E-state index is 0.0361. The van der Waals surface area contributed by atoms with E-state index in [4.69, 9.17) is 4.74 Å². The van der Waals surface area contributed by atoms with Crippen molar-refractivity contribution in [3.8, 4) is 0 Å². The maximum atomic E-state index is 14.4. The van der Waals surface area contributed by atoms with Gasteiger partial charge in [-0.15, -0.1) is 13.2 Å². The van der Waals surface area contributed by atoms with Crippen LogP contribution in [-0.2, 0) is 19.1 Å². The van der Waals surface area contributed by atoms with Crippen LogP contribution in [0.25, 0.3) is 0 Å². The molecule has 1 aromatic rings. The van der Waals surface area contributed by atoms with Crippen LogP contribution >= 0.6 is 0 Å². The van der Waals surface area contributed by atoms with Crippen molar-refractivity contribution in [2.24, 2.45) is 11.3 Å². The minimum Gasteiger partial charge on any atom is -0.479 e. The highest BCUT2D eigenvalue weighted by Gasteiger charge is 2.61. The van der Waals surface area contributed by atoms with Crippen LogP contribution in [0.15, 0.2) is 49.6 Å². The van der Waals surface area contributed by atoms with Gasteiger partial charge in [0.15, 0.2) is 0 Å². The summed E-state index contributed by atoms with van der Waals surface area (Å²) in [5.41, 5.74) is -0.751. The molecule has 0 radical (unpaired) electrons. The van der Waals surface area contributed by atoms with E-state index in [9.17, 15) is 29.1 Å². The Morgan fingerprint density at radius 2 is 1.78 bits per heavy atom. The molecule has 0 bridgehead atoms. The fourth-order valence-electron chi connectivity index (χ4n) is 6.74. The number of nitrogens with zero attached hydrogens (tertiary/aromatic N) is 3. The van der Waals surface area contributed by atoms with E-state index in [1.807, 2.05) is 24.3 Å². The lowest BCUT2D eigenvalue weighted by Gasteiger charge is -2.35. The fraction of sp³-hybridized carbons (Fsp3) is 0.583. The van der Waals surface area contributed by atoms with Crippen molar-refractivity contribution < 1.29 is 33.8 Å². The second kappa shape index (κ2) is 15.3. The summed E-state index contributed by atoms with van der Waals surface area (Å²) in [5.74, 6) is -2.86. The van der Waals surface area contributed by atoms with Gasteiger partial charge in [0.1, 0.15) is 17.6 Å². The molecule has 2 heterocycles. The van der Waals surface area contributed by atoms with E-state index in [1.165, 1.54) is 15.9 Å². The zero-order chi connectivity index (χ0) is 36.1. The molecular weight excluding hydrogens is 628 g/mol. The van der Waals surface area contributed by atoms with Crippen LogP contribution in [0, 0.1) is 11.3 Å². The third-order valence-electron chi connectivity index (χ3n) is 9.48. The monoisotopic (exact) mass is 680 g/mol. The molecule has 268 valence electrons. The van der Waals surface area contributed by atoms with Crippen LogP contribution in [0.1, 0.15) is 66.7 Å². The van der Waals surface area contributed by atoms with Crippen molar-refractivity contribution in [3.05, 3.63) is 49.6 Å². The second-order valence-corrected chi connectivity index (χ2v) is 14.5. The molecule has 2 saturated heterocycles. The summed E-state index contributed by atoms with van der Waals surface area (Å²) < 4.78 is 5.27. The number of carboxylic acids is 1. The predicted octanol–water partition coefficient (Wildman–Crippen LogP) is 4.36. The van der Waals surface area contributed by atoms with Crippen molar-refractivity contribution in [2.75, 3.05) is 36.4 Å². The van der Waals surface area contributed by atoms with Gasteiger partial charge in [-0.3, -0.25) is 9.59 Å². The number of likely N-dealkylation sites (tertiary alicyclic amines) is 1. The third kappa shape index (κ3) is 8.55. The number of urea groups is 1. The lowest BCUT2D eigenvalue weighted by molar-refractivity contribution is -0.146. The number of hydrogen-bond donors (Lipinski definition) is 4. The number of piperidine rings is 1. The molecule has 1 aliphatic carbocycles. The number of ether oxygens (including phenoxy) is 1. The first-order chi connectivity index (χ1) is 23.1. The number of alkyl carbamates (subject to hydrolysis) is 1. The Labute approximate surface area is 289 Å². The van der Waals surface area contributed by atoms with E-state index >= 15 is 0 Å². The number of para-hydroxylation sites is 2. The molecule has 3 fully saturated rings. The summed E-state index contributed by atoms with van der Waals surface area (Å²) in [6.07, 6.45) is 5.37. The zero-order valence-corrected chi connectivity index (χ0v) is 29.4. The van der Waals surface area contributed by atoms with Crippen LogP contribution in [0.5, 0.6) is 0 Å². The number of rotatable bonds is 12. The van der Waals surface area contributed by atoms with Gasteiger partial charge in [0.25, 0.3) is 0 Å². The number of hydrogen-bond acceptors (Lipinski definition) is 7. The van der Waals surface area contributed by atoms with Gasteiger partial charge < -0.3 is 40.5 Å². The largest absolute Gasteiger partial charge is 0.479 e. The molecule has 4 N–H and O–H groups in total. The molecule has 0 aromatic heterocycles. The summed E-state index contributed by atoms with van der Waals surface area (Å²) in [4.78, 5) is 72.4. The molecule has 49 heavy (non-hydrogen) atoms. The Morgan fingerprint density at radius 1 is 1.10 bits per heavy atom. The fourth-order valence-corrected chi connectivity index (χ4v) is 6.74. The summed E-state index contributed by atoms with van der Waals surface area (Å²) >= 11 is 0. The number of benzene rings is 1. The van der Waals surface area contributed by atoms with Crippen LogP contribution in [0.4, 0.5) is 21.0 Å². The second-order valence-electron chi connectivity index (χ2n) is 14.5. The first kappa shape index (κ1) is 37.3. The first-order valence-corrected chi connectivity index (χ1v) is 17.1. The average molecular weight is 681 g/mol. The molecule has 4 rings (SSSR count).